The van der Waals surface area contributed by atoms with Gasteiger partial charge >= 0.3 is 0 Å². The smallest absolute Gasteiger partial charge is 0.237 e. The molecule has 1 N–H and O–H groups in total. The lowest BCUT2D eigenvalue weighted by molar-refractivity contribution is -0.129. The molecule has 1 saturated heterocycles. The summed E-state index contributed by atoms with van der Waals surface area (Å²) in [6, 6.07) is 0.395. The van der Waals surface area contributed by atoms with Gasteiger partial charge in [-0.05, 0) is 52.5 Å². The summed E-state index contributed by atoms with van der Waals surface area (Å²) >= 11 is 0. The van der Waals surface area contributed by atoms with E-state index in [4.69, 9.17) is 0 Å². The molecule has 1 amide bonds. The summed E-state index contributed by atoms with van der Waals surface area (Å²) in [5, 5.41) is 3.06. The molecule has 0 aromatic heterocycles. The van der Waals surface area contributed by atoms with Gasteiger partial charge in [-0.1, -0.05) is 6.92 Å². The van der Waals surface area contributed by atoms with Crippen molar-refractivity contribution in [3.8, 4) is 0 Å². The van der Waals surface area contributed by atoms with E-state index in [0.29, 0.717) is 11.8 Å². The van der Waals surface area contributed by atoms with Crippen molar-refractivity contribution in [2.75, 3.05) is 6.54 Å². The Morgan fingerprint density at radius 2 is 2.10 bits per heavy atom. The van der Waals surface area contributed by atoms with Crippen LogP contribution in [0.1, 0.15) is 59.3 Å². The number of nitrogens with zero attached hydrogens (tertiary/aromatic N) is 1. The van der Waals surface area contributed by atoms with E-state index in [9.17, 15) is 9.59 Å². The fourth-order valence-electron chi connectivity index (χ4n) is 3.59. The van der Waals surface area contributed by atoms with Crippen LogP contribution in [-0.4, -0.2) is 41.3 Å². The fraction of sp³-hybridized carbons (Fsp3) is 0.875. The van der Waals surface area contributed by atoms with Gasteiger partial charge in [0.15, 0.2) is 0 Å². The van der Waals surface area contributed by atoms with Gasteiger partial charge in [0.1, 0.15) is 5.78 Å². The molecule has 20 heavy (non-hydrogen) atoms. The molecule has 1 aliphatic heterocycles. The van der Waals surface area contributed by atoms with Crippen LogP contribution in [0.4, 0.5) is 0 Å². The van der Waals surface area contributed by atoms with Crippen LogP contribution in [0.15, 0.2) is 0 Å². The minimum absolute atomic E-state index is 0.108. The third-order valence-electron chi connectivity index (χ3n) is 5.04. The Labute approximate surface area is 122 Å². The zero-order chi connectivity index (χ0) is 14.7. The van der Waals surface area contributed by atoms with Gasteiger partial charge in [0, 0.05) is 24.4 Å². The predicted molar refractivity (Wildman–Crippen MR) is 79.4 cm³/mol. The van der Waals surface area contributed by atoms with Crippen molar-refractivity contribution >= 4 is 11.7 Å². The molecule has 1 saturated carbocycles. The number of ketones is 1. The molecule has 4 heteroatoms. The zero-order valence-corrected chi connectivity index (χ0v) is 13.0. The number of hydrogen-bond acceptors (Lipinski definition) is 3. The highest BCUT2D eigenvalue weighted by Gasteiger charge is 2.41. The Balaban J connectivity index is 1.99. The minimum Gasteiger partial charge on any atom is -0.352 e. The van der Waals surface area contributed by atoms with Crippen LogP contribution in [0.3, 0.4) is 0 Å². The van der Waals surface area contributed by atoms with Crippen molar-refractivity contribution in [3.63, 3.8) is 0 Å². The molecule has 0 aromatic rings. The van der Waals surface area contributed by atoms with Gasteiger partial charge in [0.2, 0.25) is 5.91 Å². The van der Waals surface area contributed by atoms with Crippen LogP contribution in [0.5, 0.6) is 0 Å². The van der Waals surface area contributed by atoms with Crippen LogP contribution in [0.25, 0.3) is 0 Å². The molecule has 4 nitrogen and oxygen atoms in total. The highest BCUT2D eigenvalue weighted by molar-refractivity contribution is 5.84. The first-order chi connectivity index (χ1) is 9.54. The van der Waals surface area contributed by atoms with Crippen LogP contribution < -0.4 is 5.32 Å². The molecule has 0 radical (unpaired) electrons. The molecule has 0 spiro atoms. The second-order valence-corrected chi connectivity index (χ2v) is 6.41. The highest BCUT2D eigenvalue weighted by Crippen LogP contribution is 2.34. The van der Waals surface area contributed by atoms with E-state index in [0.717, 1.165) is 45.1 Å². The van der Waals surface area contributed by atoms with E-state index >= 15 is 0 Å². The quantitative estimate of drug-likeness (QED) is 0.839. The topological polar surface area (TPSA) is 49.4 Å². The minimum atomic E-state index is -0.120. The van der Waals surface area contributed by atoms with Crippen molar-refractivity contribution < 1.29 is 9.59 Å². The number of likely N-dealkylation sites (tertiary alicyclic amines) is 1. The number of nitrogens with one attached hydrogen (secondary N) is 1. The molecule has 2 aliphatic rings. The zero-order valence-electron chi connectivity index (χ0n) is 13.0. The molecule has 0 aromatic carbocycles. The van der Waals surface area contributed by atoms with Gasteiger partial charge in [-0.2, -0.15) is 0 Å². The highest BCUT2D eigenvalue weighted by atomic mass is 16.2. The van der Waals surface area contributed by atoms with E-state index in [-0.39, 0.29) is 23.9 Å². The van der Waals surface area contributed by atoms with Gasteiger partial charge in [-0.25, -0.2) is 0 Å². The van der Waals surface area contributed by atoms with Gasteiger partial charge in [-0.3, -0.25) is 14.5 Å². The maximum absolute atomic E-state index is 12.3. The van der Waals surface area contributed by atoms with E-state index in [2.05, 4.69) is 17.1 Å². The average molecular weight is 280 g/mol. The van der Waals surface area contributed by atoms with E-state index in [1.807, 2.05) is 13.8 Å². The molecule has 4 atom stereocenters. The molecule has 114 valence electrons. The normalized spacial score (nSPS) is 30.4. The number of Topliss-reactive ketones (excluding diaryl/α,β-unsaturated/α-hetero) is 1. The Hall–Kier alpha value is -0.900. The summed E-state index contributed by atoms with van der Waals surface area (Å²) in [4.78, 5) is 26.6. The van der Waals surface area contributed by atoms with Gasteiger partial charge in [0.05, 0.1) is 6.04 Å². The maximum Gasteiger partial charge on any atom is 0.237 e. The maximum atomic E-state index is 12.3. The standard InChI is InChI=1S/C16H28N2O2/c1-4-11(2)17-16(20)12(3)18-10-6-8-14(18)13-7-5-9-15(13)19/h11-14H,4-10H2,1-3H3,(H,17,20). The Morgan fingerprint density at radius 3 is 2.70 bits per heavy atom. The van der Waals surface area contributed by atoms with E-state index in [1.165, 1.54) is 0 Å². The second kappa shape index (κ2) is 6.70. The van der Waals surface area contributed by atoms with Gasteiger partial charge < -0.3 is 5.32 Å². The second-order valence-electron chi connectivity index (χ2n) is 6.41. The van der Waals surface area contributed by atoms with Crippen LogP contribution in [-0.2, 0) is 9.59 Å². The molecule has 4 unspecified atom stereocenters. The summed E-state index contributed by atoms with van der Waals surface area (Å²) < 4.78 is 0. The molecule has 2 fully saturated rings. The molecule has 2 rings (SSSR count). The van der Waals surface area contributed by atoms with Gasteiger partial charge in [-0.15, -0.1) is 0 Å². The lowest BCUT2D eigenvalue weighted by atomic mass is 9.94. The number of amides is 1. The molecule has 1 aliphatic carbocycles. The summed E-state index contributed by atoms with van der Waals surface area (Å²) in [5.41, 5.74) is 0. The molecular formula is C16H28N2O2. The largest absolute Gasteiger partial charge is 0.352 e. The van der Waals surface area contributed by atoms with Gasteiger partial charge in [0.25, 0.3) is 0 Å². The molecule has 1 heterocycles. The number of carbonyl (C=O) groups excluding carboxylic acids is 2. The van der Waals surface area contributed by atoms with Crippen LogP contribution in [0, 0.1) is 5.92 Å². The van der Waals surface area contributed by atoms with Crippen molar-refractivity contribution in [2.45, 2.75) is 77.4 Å². The molecule has 0 bridgehead atoms. The SMILES string of the molecule is CCC(C)NC(=O)C(C)N1CCCC1C1CCCC1=O. The van der Waals surface area contributed by atoms with Crippen molar-refractivity contribution in [2.24, 2.45) is 5.92 Å². The fourth-order valence-corrected chi connectivity index (χ4v) is 3.59. The predicted octanol–water partition coefficient (Wildman–Crippen LogP) is 2.12. The summed E-state index contributed by atoms with van der Waals surface area (Å²) in [6.45, 7) is 7.04. The Kier molecular flexibility index (Phi) is 5.19. The van der Waals surface area contributed by atoms with Crippen molar-refractivity contribution in [1.82, 2.24) is 10.2 Å². The number of carbonyl (C=O) groups is 2. The van der Waals surface area contributed by atoms with Crippen molar-refractivity contribution in [3.05, 3.63) is 0 Å². The first-order valence-electron chi connectivity index (χ1n) is 8.13. The lowest BCUT2D eigenvalue weighted by Crippen LogP contribution is -2.51. The van der Waals surface area contributed by atoms with Crippen LogP contribution in [0.2, 0.25) is 0 Å². The van der Waals surface area contributed by atoms with E-state index < -0.39 is 0 Å². The Morgan fingerprint density at radius 1 is 1.35 bits per heavy atom. The summed E-state index contributed by atoms with van der Waals surface area (Å²) in [6.07, 6.45) is 5.90. The Bertz CT molecular complexity index is 369. The summed E-state index contributed by atoms with van der Waals surface area (Å²) in [5.74, 6) is 0.699. The summed E-state index contributed by atoms with van der Waals surface area (Å²) in [7, 11) is 0. The van der Waals surface area contributed by atoms with Crippen molar-refractivity contribution in [1.29, 1.82) is 0 Å². The van der Waals surface area contributed by atoms with Crippen LogP contribution >= 0.6 is 0 Å². The van der Waals surface area contributed by atoms with E-state index in [1.54, 1.807) is 0 Å². The number of rotatable bonds is 5. The first kappa shape index (κ1) is 15.5. The lowest BCUT2D eigenvalue weighted by Gasteiger charge is -2.33. The number of hydrogen-bond donors (Lipinski definition) is 1. The first-order valence-corrected chi connectivity index (χ1v) is 8.13. The average Bonchev–Trinajstić information content (AvgIpc) is 3.05. The monoisotopic (exact) mass is 280 g/mol. The third kappa shape index (κ3) is 3.22. The molecular weight excluding hydrogens is 252 g/mol. The third-order valence-corrected chi connectivity index (χ3v) is 5.04.